The van der Waals surface area contributed by atoms with E-state index >= 15 is 0 Å². The highest BCUT2D eigenvalue weighted by atomic mass is 16.2. The Kier molecular flexibility index (Phi) is 6.32. The molecule has 1 aromatic rings. The van der Waals surface area contributed by atoms with Crippen molar-refractivity contribution in [3.63, 3.8) is 0 Å². The maximum atomic E-state index is 13.1. The second-order valence-corrected chi connectivity index (χ2v) is 10.3. The number of nitrogens with one attached hydrogen (secondary N) is 1. The minimum Gasteiger partial charge on any atom is -0.345 e. The van der Waals surface area contributed by atoms with Gasteiger partial charge in [-0.2, -0.15) is 0 Å². The third-order valence-electron chi connectivity index (χ3n) is 7.77. The van der Waals surface area contributed by atoms with Gasteiger partial charge in [-0.1, -0.05) is 25.1 Å². The maximum Gasteiger partial charge on any atom is 0.255 e. The fraction of sp³-hybridized carbons (Fsp3) is 0.615. The van der Waals surface area contributed by atoms with Gasteiger partial charge in [-0.3, -0.25) is 19.2 Å². The number of carbonyl (C=O) groups is 4. The molecule has 3 fully saturated rings. The van der Waals surface area contributed by atoms with Crippen LogP contribution in [0.4, 0.5) is 0 Å². The molecule has 1 saturated carbocycles. The summed E-state index contributed by atoms with van der Waals surface area (Å²) >= 11 is 0. The number of amides is 4. The van der Waals surface area contributed by atoms with Crippen LogP contribution in [0.3, 0.4) is 0 Å². The van der Waals surface area contributed by atoms with Crippen molar-refractivity contribution >= 4 is 23.6 Å². The highest BCUT2D eigenvalue weighted by Crippen LogP contribution is 2.41. The number of rotatable bonds is 5. The molecule has 1 aromatic carbocycles. The average Bonchev–Trinajstić information content (AvgIpc) is 3.65. The third-order valence-corrected chi connectivity index (χ3v) is 7.77. The molecular weight excluding hydrogens is 432 g/mol. The smallest absolute Gasteiger partial charge is 0.255 e. The van der Waals surface area contributed by atoms with Crippen LogP contribution < -0.4 is 5.32 Å². The summed E-state index contributed by atoms with van der Waals surface area (Å²) in [5.74, 6) is 0.235. The first-order valence-corrected chi connectivity index (χ1v) is 12.7. The lowest BCUT2D eigenvalue weighted by Crippen LogP contribution is -2.49. The van der Waals surface area contributed by atoms with Crippen LogP contribution in [0.1, 0.15) is 67.4 Å². The van der Waals surface area contributed by atoms with Crippen LogP contribution in [0.2, 0.25) is 0 Å². The zero-order chi connectivity index (χ0) is 23.8. The normalized spacial score (nSPS) is 25.3. The molecular formula is C26H34N4O4. The molecule has 0 bridgehead atoms. The lowest BCUT2D eigenvalue weighted by molar-refractivity contribution is -0.142. The van der Waals surface area contributed by atoms with Crippen molar-refractivity contribution in [2.45, 2.75) is 57.5 Å². The van der Waals surface area contributed by atoms with E-state index in [9.17, 15) is 19.2 Å². The number of nitrogens with zero attached hydrogens (tertiary/aromatic N) is 3. The Morgan fingerprint density at radius 3 is 2.41 bits per heavy atom. The van der Waals surface area contributed by atoms with Crippen molar-refractivity contribution in [2.75, 3.05) is 32.7 Å². The monoisotopic (exact) mass is 466 g/mol. The Balaban J connectivity index is 1.14. The molecule has 1 aliphatic carbocycles. The van der Waals surface area contributed by atoms with Crippen LogP contribution in [0.15, 0.2) is 24.3 Å². The van der Waals surface area contributed by atoms with E-state index in [1.165, 1.54) is 6.42 Å². The molecule has 0 spiro atoms. The summed E-state index contributed by atoms with van der Waals surface area (Å²) in [6, 6.07) is 6.68. The quantitative estimate of drug-likeness (QED) is 0.718. The lowest BCUT2D eigenvalue weighted by Gasteiger charge is -2.37. The molecule has 5 rings (SSSR count). The number of benzene rings is 1. The Bertz CT molecular complexity index is 983. The zero-order valence-electron chi connectivity index (χ0n) is 19.9. The molecule has 0 aromatic heterocycles. The predicted octanol–water partition coefficient (Wildman–Crippen LogP) is 1.96. The van der Waals surface area contributed by atoms with E-state index in [4.69, 9.17) is 0 Å². The summed E-state index contributed by atoms with van der Waals surface area (Å²) in [4.78, 5) is 57.1. The van der Waals surface area contributed by atoms with Crippen molar-refractivity contribution < 1.29 is 19.2 Å². The molecule has 8 nitrogen and oxygen atoms in total. The zero-order valence-corrected chi connectivity index (χ0v) is 19.9. The van der Waals surface area contributed by atoms with E-state index in [0.717, 1.165) is 37.9 Å². The van der Waals surface area contributed by atoms with Crippen molar-refractivity contribution in [3.05, 3.63) is 35.4 Å². The summed E-state index contributed by atoms with van der Waals surface area (Å²) in [7, 11) is 0. The van der Waals surface area contributed by atoms with Gasteiger partial charge in [0.15, 0.2) is 0 Å². The van der Waals surface area contributed by atoms with Gasteiger partial charge in [0.05, 0.1) is 6.54 Å². The molecule has 2 unspecified atom stereocenters. The first kappa shape index (κ1) is 22.9. The van der Waals surface area contributed by atoms with E-state index in [1.54, 1.807) is 15.9 Å². The van der Waals surface area contributed by atoms with Gasteiger partial charge in [-0.25, -0.2) is 0 Å². The lowest BCUT2D eigenvalue weighted by atomic mass is 9.92. The molecule has 1 N–H and O–H groups in total. The number of piperidine rings is 2. The van der Waals surface area contributed by atoms with Crippen molar-refractivity contribution in [2.24, 2.45) is 11.8 Å². The standard InChI is InChI=1S/C26H34N4O4/c1-17-5-4-12-29(16-17)25(33)18-10-13-28(14-11-18)22(31)15-27-24(32)23-20-6-2-3-7-21(20)26(34)30(23)19-8-9-19/h2-3,6-7,17-19,23H,4-5,8-16H2,1H3,(H,27,32). The highest BCUT2D eigenvalue weighted by molar-refractivity contribution is 6.05. The van der Waals surface area contributed by atoms with E-state index in [1.807, 2.05) is 23.1 Å². The molecule has 8 heteroatoms. The molecule has 4 aliphatic rings. The fourth-order valence-corrected chi connectivity index (χ4v) is 5.73. The van der Waals surface area contributed by atoms with Crippen LogP contribution in [0, 0.1) is 11.8 Å². The average molecular weight is 467 g/mol. The van der Waals surface area contributed by atoms with E-state index in [0.29, 0.717) is 37.4 Å². The van der Waals surface area contributed by atoms with Crippen LogP contribution in [0.25, 0.3) is 0 Å². The predicted molar refractivity (Wildman–Crippen MR) is 126 cm³/mol. The van der Waals surface area contributed by atoms with Gasteiger partial charge in [0.25, 0.3) is 5.91 Å². The number of carbonyl (C=O) groups excluding carboxylic acids is 4. The Hall–Kier alpha value is -2.90. The first-order chi connectivity index (χ1) is 16.4. The first-order valence-electron chi connectivity index (χ1n) is 12.7. The van der Waals surface area contributed by atoms with Gasteiger partial charge in [0.1, 0.15) is 6.04 Å². The molecule has 0 radical (unpaired) electrons. The molecule has 182 valence electrons. The summed E-state index contributed by atoms with van der Waals surface area (Å²) in [5.41, 5.74) is 1.30. The number of fused-ring (bicyclic) bond motifs is 1. The Labute approximate surface area is 200 Å². The second kappa shape index (κ2) is 9.39. The summed E-state index contributed by atoms with van der Waals surface area (Å²) in [5, 5.41) is 2.79. The largest absolute Gasteiger partial charge is 0.345 e. The summed E-state index contributed by atoms with van der Waals surface area (Å²) in [6.07, 6.45) is 5.41. The van der Waals surface area contributed by atoms with Crippen LogP contribution in [-0.4, -0.2) is 77.1 Å². The number of hydrogen-bond acceptors (Lipinski definition) is 4. The molecule has 34 heavy (non-hydrogen) atoms. The van der Waals surface area contributed by atoms with Gasteiger partial charge in [0, 0.05) is 43.7 Å². The minimum atomic E-state index is -0.667. The van der Waals surface area contributed by atoms with Crippen molar-refractivity contribution in [1.29, 1.82) is 0 Å². The molecule has 2 saturated heterocycles. The van der Waals surface area contributed by atoms with E-state index in [-0.39, 0.29) is 42.1 Å². The Morgan fingerprint density at radius 1 is 0.971 bits per heavy atom. The van der Waals surface area contributed by atoms with Gasteiger partial charge < -0.3 is 20.0 Å². The van der Waals surface area contributed by atoms with Gasteiger partial charge in [0.2, 0.25) is 17.7 Å². The number of likely N-dealkylation sites (tertiary alicyclic amines) is 2. The van der Waals surface area contributed by atoms with Crippen LogP contribution >= 0.6 is 0 Å². The van der Waals surface area contributed by atoms with Crippen molar-refractivity contribution in [1.82, 2.24) is 20.0 Å². The van der Waals surface area contributed by atoms with Crippen LogP contribution in [-0.2, 0) is 14.4 Å². The van der Waals surface area contributed by atoms with Gasteiger partial charge >= 0.3 is 0 Å². The minimum absolute atomic E-state index is 0.0166. The van der Waals surface area contributed by atoms with E-state index in [2.05, 4.69) is 12.2 Å². The SMILES string of the molecule is CC1CCCN(C(=O)C2CCN(C(=O)CNC(=O)C3c4ccccc4C(=O)N3C3CC3)CC2)C1. The molecule has 4 amide bonds. The second-order valence-electron chi connectivity index (χ2n) is 10.3. The fourth-order valence-electron chi connectivity index (χ4n) is 5.73. The Morgan fingerprint density at radius 2 is 1.71 bits per heavy atom. The highest BCUT2D eigenvalue weighted by Gasteiger charge is 2.47. The van der Waals surface area contributed by atoms with Crippen LogP contribution in [0.5, 0.6) is 0 Å². The summed E-state index contributed by atoms with van der Waals surface area (Å²) < 4.78 is 0. The maximum absolute atomic E-state index is 13.1. The molecule has 3 heterocycles. The molecule has 3 aliphatic heterocycles. The van der Waals surface area contributed by atoms with Crippen molar-refractivity contribution in [3.8, 4) is 0 Å². The number of hydrogen-bond donors (Lipinski definition) is 1. The van der Waals surface area contributed by atoms with Gasteiger partial charge in [-0.05, 0) is 56.1 Å². The molecule has 2 atom stereocenters. The summed E-state index contributed by atoms with van der Waals surface area (Å²) in [6.45, 7) is 4.86. The van der Waals surface area contributed by atoms with Gasteiger partial charge in [-0.15, -0.1) is 0 Å². The van der Waals surface area contributed by atoms with E-state index < -0.39 is 6.04 Å². The topological polar surface area (TPSA) is 90.0 Å². The third kappa shape index (κ3) is 4.42.